The molecule has 0 spiro atoms. The van der Waals surface area contributed by atoms with Crippen LogP contribution in [-0.2, 0) is 22.6 Å². The summed E-state index contributed by atoms with van der Waals surface area (Å²) in [5.41, 5.74) is 1.55. The molecule has 0 saturated heterocycles. The number of fused-ring (bicyclic) bond motifs is 1. The summed E-state index contributed by atoms with van der Waals surface area (Å²) in [6.07, 6.45) is 0. The number of benzene rings is 1. The second kappa shape index (κ2) is 8.28. The molecule has 4 rings (SSSR count). The molecule has 0 aliphatic heterocycles. The molecule has 0 atom stereocenters. The molecule has 9 nitrogen and oxygen atoms in total. The van der Waals surface area contributed by atoms with Gasteiger partial charge in [-0.05, 0) is 23.6 Å². The van der Waals surface area contributed by atoms with Crippen molar-refractivity contribution in [2.75, 3.05) is 20.3 Å². The van der Waals surface area contributed by atoms with Gasteiger partial charge in [0.15, 0.2) is 0 Å². The van der Waals surface area contributed by atoms with Crippen molar-refractivity contribution in [1.29, 1.82) is 0 Å². The van der Waals surface area contributed by atoms with Crippen LogP contribution in [-0.4, -0.2) is 56.3 Å². The van der Waals surface area contributed by atoms with E-state index in [4.69, 9.17) is 9.15 Å². The van der Waals surface area contributed by atoms with Crippen molar-refractivity contribution in [3.63, 3.8) is 0 Å². The van der Waals surface area contributed by atoms with Crippen LogP contribution < -0.4 is 0 Å². The number of thiophene rings is 1. The van der Waals surface area contributed by atoms with Crippen molar-refractivity contribution < 1.29 is 13.9 Å². The Kier molecular flexibility index (Phi) is 5.40. The summed E-state index contributed by atoms with van der Waals surface area (Å²) >= 11 is 1.52. The molecule has 0 fully saturated rings. The van der Waals surface area contributed by atoms with Crippen molar-refractivity contribution in [3.8, 4) is 10.8 Å². The van der Waals surface area contributed by atoms with Crippen LogP contribution in [0.15, 0.2) is 46.2 Å². The molecule has 0 saturated carbocycles. The fourth-order valence-electron chi connectivity index (χ4n) is 2.74. The minimum atomic E-state index is -0.136. The van der Waals surface area contributed by atoms with E-state index < -0.39 is 0 Å². The van der Waals surface area contributed by atoms with Crippen LogP contribution in [0.25, 0.3) is 21.8 Å². The molecule has 0 unspecified atom stereocenters. The number of hydrogen-bond donors (Lipinski definition) is 0. The Morgan fingerprint density at radius 2 is 2.11 bits per heavy atom. The fraction of sp³-hybridized carbons (Fsp3) is 0.278. The van der Waals surface area contributed by atoms with E-state index in [2.05, 4.69) is 20.5 Å². The average Bonchev–Trinajstić information content (AvgIpc) is 3.46. The first-order valence-corrected chi connectivity index (χ1v) is 9.54. The molecule has 1 amide bonds. The number of aromatic nitrogens is 5. The molecule has 3 heterocycles. The van der Waals surface area contributed by atoms with Gasteiger partial charge in [0.25, 0.3) is 5.89 Å². The largest absolute Gasteiger partial charge is 0.418 e. The van der Waals surface area contributed by atoms with Gasteiger partial charge < -0.3 is 14.1 Å². The quantitative estimate of drug-likeness (QED) is 0.449. The van der Waals surface area contributed by atoms with E-state index in [1.807, 2.05) is 41.8 Å². The lowest BCUT2D eigenvalue weighted by Gasteiger charge is -2.20. The number of ether oxygens (including phenoxy) is 1. The van der Waals surface area contributed by atoms with E-state index in [0.29, 0.717) is 24.9 Å². The van der Waals surface area contributed by atoms with Crippen LogP contribution in [0.2, 0.25) is 0 Å². The van der Waals surface area contributed by atoms with E-state index >= 15 is 0 Å². The second-order valence-electron chi connectivity index (χ2n) is 6.02. The zero-order chi connectivity index (χ0) is 19.3. The third-order valence-corrected chi connectivity index (χ3v) is 5.01. The highest BCUT2D eigenvalue weighted by molar-refractivity contribution is 7.13. The molecule has 28 heavy (non-hydrogen) atoms. The predicted molar refractivity (Wildman–Crippen MR) is 102 cm³/mol. The van der Waals surface area contributed by atoms with Gasteiger partial charge in [-0.2, -0.15) is 0 Å². The minimum Gasteiger partial charge on any atom is -0.418 e. The number of nitrogens with zero attached hydrogens (tertiary/aromatic N) is 6. The Morgan fingerprint density at radius 1 is 1.21 bits per heavy atom. The third-order valence-electron chi connectivity index (χ3n) is 4.15. The first-order valence-electron chi connectivity index (χ1n) is 8.66. The molecule has 4 aromatic rings. The van der Waals surface area contributed by atoms with Crippen molar-refractivity contribution in [2.45, 2.75) is 13.1 Å². The van der Waals surface area contributed by atoms with Crippen molar-refractivity contribution in [3.05, 3.63) is 47.7 Å². The molecular formula is C18H18N6O3S. The van der Waals surface area contributed by atoms with Crippen LogP contribution in [0.3, 0.4) is 0 Å². The average molecular weight is 398 g/mol. The van der Waals surface area contributed by atoms with Crippen LogP contribution in [0, 0.1) is 0 Å². The number of rotatable bonds is 8. The Hall–Kier alpha value is -3.11. The molecule has 0 radical (unpaired) electrons. The lowest BCUT2D eigenvalue weighted by Crippen LogP contribution is -2.36. The van der Waals surface area contributed by atoms with E-state index in [0.717, 1.165) is 15.9 Å². The van der Waals surface area contributed by atoms with E-state index in [9.17, 15) is 4.79 Å². The van der Waals surface area contributed by atoms with E-state index in [-0.39, 0.29) is 19.0 Å². The first-order chi connectivity index (χ1) is 13.7. The number of amides is 1. The van der Waals surface area contributed by atoms with Gasteiger partial charge in [0.05, 0.1) is 23.5 Å². The van der Waals surface area contributed by atoms with E-state index in [1.54, 1.807) is 16.7 Å². The summed E-state index contributed by atoms with van der Waals surface area (Å²) in [6.45, 7) is 1.07. The summed E-state index contributed by atoms with van der Waals surface area (Å²) in [4.78, 5) is 15.4. The van der Waals surface area contributed by atoms with E-state index in [1.165, 1.54) is 11.3 Å². The molecule has 10 heteroatoms. The van der Waals surface area contributed by atoms with Crippen LogP contribution in [0.1, 0.15) is 5.89 Å². The molecular weight excluding hydrogens is 380 g/mol. The van der Waals surface area contributed by atoms with Crippen LogP contribution in [0.5, 0.6) is 0 Å². The standard InChI is InChI=1S/C18H18N6O3S/c1-26-9-8-23(11-16-20-21-18(27-16)15-7-4-10-28-15)17(25)12-24-14-6-3-2-5-13(14)19-22-24/h2-7,10H,8-9,11-12H2,1H3. The number of hydrogen-bond acceptors (Lipinski definition) is 8. The van der Waals surface area contributed by atoms with Crippen LogP contribution >= 0.6 is 11.3 Å². The normalized spacial score (nSPS) is 11.2. The highest BCUT2D eigenvalue weighted by atomic mass is 32.1. The maximum atomic E-state index is 12.9. The van der Waals surface area contributed by atoms with Gasteiger partial charge >= 0.3 is 0 Å². The Bertz CT molecular complexity index is 1060. The van der Waals surface area contributed by atoms with Crippen molar-refractivity contribution >= 4 is 28.3 Å². The lowest BCUT2D eigenvalue weighted by molar-refractivity contribution is -0.133. The predicted octanol–water partition coefficient (Wildman–Crippen LogP) is 2.22. The van der Waals surface area contributed by atoms with Crippen molar-refractivity contribution in [2.24, 2.45) is 0 Å². The highest BCUT2D eigenvalue weighted by Crippen LogP contribution is 2.23. The number of carbonyl (C=O) groups is 1. The maximum absolute atomic E-state index is 12.9. The number of para-hydroxylation sites is 1. The first kappa shape index (κ1) is 18.3. The third kappa shape index (κ3) is 3.92. The fourth-order valence-corrected chi connectivity index (χ4v) is 3.38. The summed E-state index contributed by atoms with van der Waals surface area (Å²) in [6, 6.07) is 11.3. The van der Waals surface area contributed by atoms with Crippen LogP contribution in [0.4, 0.5) is 0 Å². The summed E-state index contributed by atoms with van der Waals surface area (Å²) in [5.74, 6) is 0.686. The molecule has 0 aliphatic rings. The molecule has 0 N–H and O–H groups in total. The Labute approximate surface area is 164 Å². The van der Waals surface area contributed by atoms with Gasteiger partial charge in [-0.15, -0.1) is 26.6 Å². The summed E-state index contributed by atoms with van der Waals surface area (Å²) in [5, 5.41) is 18.2. The highest BCUT2D eigenvalue weighted by Gasteiger charge is 2.20. The SMILES string of the molecule is COCCN(Cc1nnc(-c2cccs2)o1)C(=O)Cn1nnc2ccccc21. The zero-order valence-corrected chi connectivity index (χ0v) is 16.0. The van der Waals surface area contributed by atoms with Gasteiger partial charge in [0.1, 0.15) is 12.1 Å². The number of methoxy groups -OCH3 is 1. The van der Waals surface area contributed by atoms with Gasteiger partial charge in [-0.1, -0.05) is 23.4 Å². The minimum absolute atomic E-state index is 0.0656. The zero-order valence-electron chi connectivity index (χ0n) is 15.2. The smallest absolute Gasteiger partial charge is 0.257 e. The maximum Gasteiger partial charge on any atom is 0.257 e. The molecule has 0 bridgehead atoms. The van der Waals surface area contributed by atoms with Gasteiger partial charge in [-0.25, -0.2) is 4.68 Å². The van der Waals surface area contributed by atoms with Gasteiger partial charge in [0, 0.05) is 13.7 Å². The topological polar surface area (TPSA) is 99.2 Å². The number of carbonyl (C=O) groups excluding carboxylic acids is 1. The monoisotopic (exact) mass is 398 g/mol. The summed E-state index contributed by atoms with van der Waals surface area (Å²) in [7, 11) is 1.59. The summed E-state index contributed by atoms with van der Waals surface area (Å²) < 4.78 is 12.4. The molecule has 144 valence electrons. The molecule has 1 aromatic carbocycles. The molecule has 3 aromatic heterocycles. The van der Waals surface area contributed by atoms with Gasteiger partial charge in [-0.3, -0.25) is 4.79 Å². The Morgan fingerprint density at radius 3 is 2.93 bits per heavy atom. The van der Waals surface area contributed by atoms with Gasteiger partial charge in [0.2, 0.25) is 11.8 Å². The van der Waals surface area contributed by atoms with Crippen molar-refractivity contribution in [1.82, 2.24) is 30.1 Å². The second-order valence-corrected chi connectivity index (χ2v) is 6.97. The Balaban J connectivity index is 1.50. The lowest BCUT2D eigenvalue weighted by atomic mass is 10.3. The molecule has 0 aliphatic carbocycles.